The average Bonchev–Trinajstić information content (AvgIpc) is 2.26. The highest BCUT2D eigenvalue weighted by Gasteiger charge is 2.06. The number of aliphatic hydroxyl groups excluding tert-OH is 2. The molecule has 1 rings (SSSR count). The second kappa shape index (κ2) is 6.12. The second-order valence-electron chi connectivity index (χ2n) is 3.46. The molecule has 3 nitrogen and oxygen atoms in total. The Bertz CT molecular complexity index is 317. The smallest absolute Gasteiger partial charge is 0.0864 e. The number of thioether (sulfide) groups is 1. The Morgan fingerprint density at radius 2 is 2.20 bits per heavy atom. The van der Waals surface area contributed by atoms with Crippen LogP contribution in [0.5, 0.6) is 0 Å². The molecule has 84 valence electrons. The van der Waals surface area contributed by atoms with Crippen LogP contribution in [0.25, 0.3) is 0 Å². The summed E-state index contributed by atoms with van der Waals surface area (Å²) < 4.78 is 0. The van der Waals surface area contributed by atoms with Gasteiger partial charge in [0.1, 0.15) is 0 Å². The van der Waals surface area contributed by atoms with Crippen molar-refractivity contribution in [1.82, 2.24) is 0 Å². The molecule has 0 saturated heterocycles. The van der Waals surface area contributed by atoms with Gasteiger partial charge in [0.05, 0.1) is 12.7 Å². The molecular formula is C11H17NO2S. The average molecular weight is 227 g/mol. The van der Waals surface area contributed by atoms with Gasteiger partial charge in [-0.3, -0.25) is 0 Å². The molecule has 15 heavy (non-hydrogen) atoms. The lowest BCUT2D eigenvalue weighted by Gasteiger charge is -2.10. The van der Waals surface area contributed by atoms with Crippen LogP contribution in [0.4, 0.5) is 0 Å². The van der Waals surface area contributed by atoms with Gasteiger partial charge in [0.2, 0.25) is 0 Å². The largest absolute Gasteiger partial charge is 0.394 e. The zero-order chi connectivity index (χ0) is 11.3. The number of aryl methyl sites for hydroxylation is 1. The minimum absolute atomic E-state index is 0.198. The number of rotatable bonds is 5. The maximum atomic E-state index is 9.24. The molecule has 4 N–H and O–H groups in total. The highest BCUT2D eigenvalue weighted by atomic mass is 32.2. The molecule has 0 fully saturated rings. The summed E-state index contributed by atoms with van der Waals surface area (Å²) in [5, 5.41) is 17.9. The van der Waals surface area contributed by atoms with E-state index in [1.165, 1.54) is 17.3 Å². The maximum Gasteiger partial charge on any atom is 0.0864 e. The van der Waals surface area contributed by atoms with Crippen molar-refractivity contribution in [2.45, 2.75) is 24.5 Å². The van der Waals surface area contributed by atoms with Crippen molar-refractivity contribution in [3.63, 3.8) is 0 Å². The van der Waals surface area contributed by atoms with E-state index in [-0.39, 0.29) is 6.61 Å². The summed E-state index contributed by atoms with van der Waals surface area (Å²) in [7, 11) is 0. The molecule has 0 aliphatic rings. The topological polar surface area (TPSA) is 66.5 Å². The fourth-order valence-electron chi connectivity index (χ4n) is 1.25. The first-order valence-corrected chi connectivity index (χ1v) is 5.87. The molecule has 4 heteroatoms. The molecule has 0 radical (unpaired) electrons. The molecule has 1 aromatic rings. The molecule has 0 aliphatic heterocycles. The van der Waals surface area contributed by atoms with E-state index in [0.29, 0.717) is 12.3 Å². The Morgan fingerprint density at radius 1 is 1.47 bits per heavy atom. The predicted octanol–water partition coefficient (Wildman–Crippen LogP) is 0.899. The lowest BCUT2D eigenvalue weighted by atomic mass is 10.1. The van der Waals surface area contributed by atoms with Gasteiger partial charge in [0, 0.05) is 17.2 Å². The van der Waals surface area contributed by atoms with E-state index < -0.39 is 6.10 Å². The van der Waals surface area contributed by atoms with E-state index in [0.717, 1.165) is 10.5 Å². The molecule has 0 amide bonds. The Hall–Kier alpha value is -0.550. The first-order chi connectivity index (χ1) is 7.17. The minimum Gasteiger partial charge on any atom is -0.394 e. The predicted molar refractivity (Wildman–Crippen MR) is 62.9 cm³/mol. The number of hydrogen-bond acceptors (Lipinski definition) is 4. The highest BCUT2D eigenvalue weighted by Crippen LogP contribution is 2.24. The lowest BCUT2D eigenvalue weighted by molar-refractivity contribution is 0.113. The van der Waals surface area contributed by atoms with Crippen molar-refractivity contribution < 1.29 is 10.2 Å². The van der Waals surface area contributed by atoms with Crippen molar-refractivity contribution in [2.75, 3.05) is 12.4 Å². The van der Waals surface area contributed by atoms with Crippen molar-refractivity contribution >= 4 is 11.8 Å². The Balaban J connectivity index is 2.67. The zero-order valence-electron chi connectivity index (χ0n) is 8.81. The van der Waals surface area contributed by atoms with Crippen LogP contribution in [0.2, 0.25) is 0 Å². The summed E-state index contributed by atoms with van der Waals surface area (Å²) in [6.45, 7) is 2.33. The van der Waals surface area contributed by atoms with E-state index >= 15 is 0 Å². The monoisotopic (exact) mass is 227 g/mol. The quantitative estimate of drug-likeness (QED) is 0.654. The zero-order valence-corrected chi connectivity index (χ0v) is 9.63. The van der Waals surface area contributed by atoms with E-state index in [1.807, 2.05) is 25.1 Å². The second-order valence-corrected chi connectivity index (χ2v) is 4.52. The maximum absolute atomic E-state index is 9.24. The summed E-state index contributed by atoms with van der Waals surface area (Å²) in [4.78, 5) is 1.08. The van der Waals surface area contributed by atoms with Crippen molar-refractivity contribution in [1.29, 1.82) is 0 Å². The Labute approximate surface area is 94.3 Å². The van der Waals surface area contributed by atoms with Gasteiger partial charge >= 0.3 is 0 Å². The van der Waals surface area contributed by atoms with Crippen LogP contribution in [0, 0.1) is 6.92 Å². The molecule has 0 spiro atoms. The molecule has 0 heterocycles. The van der Waals surface area contributed by atoms with E-state index in [4.69, 9.17) is 10.8 Å². The van der Waals surface area contributed by atoms with Crippen LogP contribution < -0.4 is 5.73 Å². The summed E-state index contributed by atoms with van der Waals surface area (Å²) in [6.07, 6.45) is -0.665. The van der Waals surface area contributed by atoms with Gasteiger partial charge in [-0.25, -0.2) is 0 Å². The third-order valence-electron chi connectivity index (χ3n) is 2.08. The van der Waals surface area contributed by atoms with Crippen LogP contribution in [-0.2, 0) is 6.54 Å². The fraction of sp³-hybridized carbons (Fsp3) is 0.455. The van der Waals surface area contributed by atoms with Crippen molar-refractivity contribution in [3.8, 4) is 0 Å². The first kappa shape index (κ1) is 12.5. The first-order valence-electron chi connectivity index (χ1n) is 4.88. The van der Waals surface area contributed by atoms with Gasteiger partial charge in [0.15, 0.2) is 0 Å². The summed E-state index contributed by atoms with van der Waals surface area (Å²) in [5.74, 6) is 0.493. The lowest BCUT2D eigenvalue weighted by Crippen LogP contribution is -2.14. The van der Waals surface area contributed by atoms with Crippen LogP contribution in [0.1, 0.15) is 11.1 Å². The van der Waals surface area contributed by atoms with Gasteiger partial charge in [-0.2, -0.15) is 0 Å². The molecule has 1 aromatic carbocycles. The van der Waals surface area contributed by atoms with Crippen LogP contribution in [0.15, 0.2) is 23.1 Å². The van der Waals surface area contributed by atoms with Gasteiger partial charge < -0.3 is 15.9 Å². The van der Waals surface area contributed by atoms with Crippen LogP contribution >= 0.6 is 11.8 Å². The van der Waals surface area contributed by atoms with E-state index in [1.54, 1.807) is 0 Å². The van der Waals surface area contributed by atoms with E-state index in [9.17, 15) is 5.11 Å². The molecular weight excluding hydrogens is 210 g/mol. The third kappa shape index (κ3) is 3.83. The Morgan fingerprint density at radius 3 is 2.80 bits per heavy atom. The van der Waals surface area contributed by atoms with E-state index in [2.05, 4.69) is 0 Å². The van der Waals surface area contributed by atoms with Crippen LogP contribution in [0.3, 0.4) is 0 Å². The normalized spacial score (nSPS) is 12.8. The highest BCUT2D eigenvalue weighted by molar-refractivity contribution is 7.99. The molecule has 0 aliphatic carbocycles. The van der Waals surface area contributed by atoms with Crippen molar-refractivity contribution in [3.05, 3.63) is 29.3 Å². The summed E-state index contributed by atoms with van der Waals surface area (Å²) in [5.41, 5.74) is 7.90. The minimum atomic E-state index is -0.665. The summed E-state index contributed by atoms with van der Waals surface area (Å²) >= 11 is 1.52. The standard InChI is InChI=1S/C11H17NO2S/c1-8-2-3-11(9(4-8)5-12)15-7-10(14)6-13/h2-4,10,13-14H,5-7,12H2,1H3. The van der Waals surface area contributed by atoms with Gasteiger partial charge in [0.25, 0.3) is 0 Å². The van der Waals surface area contributed by atoms with Gasteiger partial charge in [-0.1, -0.05) is 17.7 Å². The SMILES string of the molecule is Cc1ccc(SCC(O)CO)c(CN)c1. The number of hydrogen-bond donors (Lipinski definition) is 3. The summed E-state index contributed by atoms with van der Waals surface area (Å²) in [6, 6.07) is 6.08. The number of nitrogens with two attached hydrogens (primary N) is 1. The number of aliphatic hydroxyl groups is 2. The van der Waals surface area contributed by atoms with Gasteiger partial charge in [-0.15, -0.1) is 11.8 Å². The molecule has 1 atom stereocenters. The molecule has 0 aromatic heterocycles. The fourth-order valence-corrected chi connectivity index (χ4v) is 2.22. The number of benzene rings is 1. The van der Waals surface area contributed by atoms with Crippen LogP contribution in [-0.4, -0.2) is 28.7 Å². The van der Waals surface area contributed by atoms with Crippen molar-refractivity contribution in [2.24, 2.45) is 5.73 Å². The third-order valence-corrected chi connectivity index (χ3v) is 3.34. The molecule has 0 saturated carbocycles. The van der Waals surface area contributed by atoms with Gasteiger partial charge in [-0.05, 0) is 18.6 Å². The molecule has 0 bridgehead atoms. The molecule has 1 unspecified atom stereocenters. The Kier molecular flexibility index (Phi) is 5.11.